The number of carbonyl (C=O) groups excluding carboxylic acids is 2. The fourth-order valence-corrected chi connectivity index (χ4v) is 4.45. The van der Waals surface area contributed by atoms with Crippen LogP contribution in [0.25, 0.3) is 0 Å². The lowest BCUT2D eigenvalue weighted by molar-refractivity contribution is 0.0731. The molecule has 0 bridgehead atoms. The summed E-state index contributed by atoms with van der Waals surface area (Å²) in [6.07, 6.45) is 0.574. The van der Waals surface area contributed by atoms with E-state index in [-0.39, 0.29) is 11.8 Å². The largest absolute Gasteiger partial charge is 0.332 e. The lowest BCUT2D eigenvalue weighted by Gasteiger charge is -2.26. The molecule has 8 heteroatoms. The Bertz CT molecular complexity index is 1090. The van der Waals surface area contributed by atoms with E-state index in [9.17, 15) is 14.9 Å². The number of hydrogen-bond donors (Lipinski definition) is 2. The molecule has 2 aromatic heterocycles. The average molecular weight is 391 g/mol. The number of nitriles is 1. The molecule has 2 amide bonds. The molecule has 140 valence electrons. The Morgan fingerprint density at radius 1 is 1.32 bits per heavy atom. The van der Waals surface area contributed by atoms with Gasteiger partial charge in [-0.1, -0.05) is 18.2 Å². The van der Waals surface area contributed by atoms with Gasteiger partial charge in [-0.2, -0.15) is 10.4 Å². The number of thiophene rings is 1. The molecule has 7 nitrogen and oxygen atoms in total. The second-order valence-electron chi connectivity index (χ2n) is 6.55. The van der Waals surface area contributed by atoms with Gasteiger partial charge in [0.1, 0.15) is 16.8 Å². The fourth-order valence-electron chi connectivity index (χ4n) is 3.24. The van der Waals surface area contributed by atoms with Gasteiger partial charge in [-0.25, -0.2) is 0 Å². The molecule has 1 aliphatic rings. The first-order valence-electron chi connectivity index (χ1n) is 8.79. The Morgan fingerprint density at radius 3 is 2.79 bits per heavy atom. The lowest BCUT2D eigenvalue weighted by Crippen LogP contribution is -2.35. The van der Waals surface area contributed by atoms with E-state index in [1.54, 1.807) is 35.2 Å². The standard InChI is InChI=1S/C20H17N5O2S/c1-12-9-16(24-23-12)20(27)25-8-7-14-15(10-21)19(28-17(14)11-25)22-18(26)13-5-3-2-4-6-13/h2-6,9H,7-8,11H2,1H3,(H,22,26)(H,23,24). The van der Waals surface area contributed by atoms with Crippen molar-refractivity contribution in [2.75, 3.05) is 11.9 Å². The van der Waals surface area contributed by atoms with Crippen molar-refractivity contribution in [3.63, 3.8) is 0 Å². The van der Waals surface area contributed by atoms with Crippen LogP contribution >= 0.6 is 11.3 Å². The Morgan fingerprint density at radius 2 is 2.11 bits per heavy atom. The first kappa shape index (κ1) is 17.9. The van der Waals surface area contributed by atoms with Crippen LogP contribution in [0.1, 0.15) is 42.5 Å². The predicted octanol–water partition coefficient (Wildman–Crippen LogP) is 3.10. The van der Waals surface area contributed by atoms with Crippen LogP contribution in [-0.4, -0.2) is 33.5 Å². The quantitative estimate of drug-likeness (QED) is 0.716. The molecular formula is C20H17N5O2S. The molecule has 0 unspecified atom stereocenters. The average Bonchev–Trinajstić information content (AvgIpc) is 3.30. The van der Waals surface area contributed by atoms with Crippen molar-refractivity contribution in [2.24, 2.45) is 0 Å². The van der Waals surface area contributed by atoms with Gasteiger partial charge in [0.2, 0.25) is 0 Å². The number of aryl methyl sites for hydroxylation is 1. The number of carbonyl (C=O) groups is 2. The summed E-state index contributed by atoms with van der Waals surface area (Å²) in [5.41, 5.74) is 3.15. The van der Waals surface area contributed by atoms with E-state index >= 15 is 0 Å². The fraction of sp³-hybridized carbons (Fsp3) is 0.200. The van der Waals surface area contributed by atoms with Gasteiger partial charge in [0, 0.05) is 22.7 Å². The summed E-state index contributed by atoms with van der Waals surface area (Å²) in [6, 6.07) is 12.8. The number of aromatic nitrogens is 2. The second kappa shape index (κ2) is 7.29. The van der Waals surface area contributed by atoms with Crippen molar-refractivity contribution in [3.05, 3.63) is 69.4 Å². The molecule has 1 aliphatic heterocycles. The van der Waals surface area contributed by atoms with Crippen LogP contribution in [0, 0.1) is 18.3 Å². The zero-order valence-electron chi connectivity index (χ0n) is 15.2. The molecule has 0 saturated heterocycles. The lowest BCUT2D eigenvalue weighted by atomic mass is 10.0. The van der Waals surface area contributed by atoms with Gasteiger partial charge in [-0.05, 0) is 37.1 Å². The van der Waals surface area contributed by atoms with Crippen molar-refractivity contribution < 1.29 is 9.59 Å². The number of nitrogens with one attached hydrogen (secondary N) is 2. The predicted molar refractivity (Wildman–Crippen MR) is 105 cm³/mol. The third kappa shape index (κ3) is 3.28. The normalized spacial score (nSPS) is 12.9. The number of H-pyrrole nitrogens is 1. The maximum Gasteiger partial charge on any atom is 0.274 e. The van der Waals surface area contributed by atoms with Crippen LogP contribution in [0.4, 0.5) is 5.00 Å². The first-order chi connectivity index (χ1) is 13.6. The number of rotatable bonds is 3. The van der Waals surface area contributed by atoms with Gasteiger partial charge >= 0.3 is 0 Å². The molecule has 2 N–H and O–H groups in total. The van der Waals surface area contributed by atoms with Crippen LogP contribution in [-0.2, 0) is 13.0 Å². The minimum absolute atomic E-state index is 0.142. The molecule has 0 radical (unpaired) electrons. The summed E-state index contributed by atoms with van der Waals surface area (Å²) in [6.45, 7) is 2.76. The third-order valence-corrected chi connectivity index (χ3v) is 5.78. The van der Waals surface area contributed by atoms with Crippen molar-refractivity contribution in [3.8, 4) is 6.07 Å². The highest BCUT2D eigenvalue weighted by molar-refractivity contribution is 7.16. The summed E-state index contributed by atoms with van der Waals surface area (Å²) >= 11 is 1.35. The van der Waals surface area contributed by atoms with E-state index in [1.807, 2.05) is 13.0 Å². The summed E-state index contributed by atoms with van der Waals surface area (Å²) in [5, 5.41) is 19.8. The molecule has 3 aromatic rings. The van der Waals surface area contributed by atoms with Gasteiger partial charge in [0.25, 0.3) is 11.8 Å². The molecule has 0 saturated carbocycles. The molecule has 4 rings (SSSR count). The summed E-state index contributed by atoms with van der Waals surface area (Å²) < 4.78 is 0. The summed E-state index contributed by atoms with van der Waals surface area (Å²) in [5.74, 6) is -0.396. The van der Waals surface area contributed by atoms with Crippen LogP contribution in [0.15, 0.2) is 36.4 Å². The number of amides is 2. The smallest absolute Gasteiger partial charge is 0.274 e. The Hall–Kier alpha value is -3.44. The first-order valence-corrected chi connectivity index (χ1v) is 9.61. The van der Waals surface area contributed by atoms with E-state index in [2.05, 4.69) is 21.6 Å². The van der Waals surface area contributed by atoms with Gasteiger partial charge < -0.3 is 10.2 Å². The molecular weight excluding hydrogens is 374 g/mol. The molecule has 0 atom stereocenters. The number of nitrogens with zero attached hydrogens (tertiary/aromatic N) is 3. The summed E-state index contributed by atoms with van der Waals surface area (Å²) in [7, 11) is 0. The molecule has 1 aromatic carbocycles. The van der Waals surface area contributed by atoms with Gasteiger partial charge in [-0.3, -0.25) is 14.7 Å². The number of hydrogen-bond acceptors (Lipinski definition) is 5. The Kier molecular flexibility index (Phi) is 4.67. The van der Waals surface area contributed by atoms with E-state index in [4.69, 9.17) is 0 Å². The number of anilines is 1. The molecule has 3 heterocycles. The molecule has 0 aliphatic carbocycles. The van der Waals surface area contributed by atoms with Crippen LogP contribution in [0.2, 0.25) is 0 Å². The minimum atomic E-state index is -0.254. The molecule has 0 fully saturated rings. The van der Waals surface area contributed by atoms with Crippen LogP contribution < -0.4 is 5.32 Å². The van der Waals surface area contributed by atoms with Gasteiger partial charge in [-0.15, -0.1) is 11.3 Å². The van der Waals surface area contributed by atoms with E-state index < -0.39 is 0 Å². The highest BCUT2D eigenvalue weighted by Gasteiger charge is 2.29. The maximum atomic E-state index is 12.7. The van der Waals surface area contributed by atoms with E-state index in [0.717, 1.165) is 16.1 Å². The Balaban J connectivity index is 1.57. The Labute approximate surface area is 165 Å². The van der Waals surface area contributed by atoms with Crippen molar-refractivity contribution >= 4 is 28.2 Å². The monoisotopic (exact) mass is 391 g/mol. The number of aromatic amines is 1. The maximum absolute atomic E-state index is 12.7. The highest BCUT2D eigenvalue weighted by atomic mass is 32.1. The van der Waals surface area contributed by atoms with Crippen LogP contribution in [0.3, 0.4) is 0 Å². The van der Waals surface area contributed by atoms with Crippen molar-refractivity contribution in [2.45, 2.75) is 19.9 Å². The van der Waals surface area contributed by atoms with Crippen molar-refractivity contribution in [1.29, 1.82) is 5.26 Å². The van der Waals surface area contributed by atoms with Crippen LogP contribution in [0.5, 0.6) is 0 Å². The van der Waals surface area contributed by atoms with E-state index in [0.29, 0.717) is 41.3 Å². The molecule has 0 spiro atoms. The topological polar surface area (TPSA) is 102 Å². The molecule has 28 heavy (non-hydrogen) atoms. The van der Waals surface area contributed by atoms with Gasteiger partial charge in [0.15, 0.2) is 0 Å². The number of benzene rings is 1. The zero-order chi connectivity index (χ0) is 19.7. The third-order valence-electron chi connectivity index (χ3n) is 4.64. The number of fused-ring (bicyclic) bond motifs is 1. The SMILES string of the molecule is Cc1cc(C(=O)N2CCc3c(sc(NC(=O)c4ccccc4)c3C#N)C2)n[nH]1. The second-order valence-corrected chi connectivity index (χ2v) is 7.66. The highest BCUT2D eigenvalue weighted by Crippen LogP contribution is 2.37. The van der Waals surface area contributed by atoms with Crippen molar-refractivity contribution in [1.82, 2.24) is 15.1 Å². The van der Waals surface area contributed by atoms with E-state index in [1.165, 1.54) is 11.3 Å². The van der Waals surface area contributed by atoms with Gasteiger partial charge in [0.05, 0.1) is 12.1 Å². The minimum Gasteiger partial charge on any atom is -0.332 e. The summed E-state index contributed by atoms with van der Waals surface area (Å²) in [4.78, 5) is 27.8. The zero-order valence-corrected chi connectivity index (χ0v) is 16.0.